The van der Waals surface area contributed by atoms with Crippen molar-refractivity contribution in [3.05, 3.63) is 18.2 Å². The Morgan fingerprint density at radius 3 is 2.55 bits per heavy atom. The summed E-state index contributed by atoms with van der Waals surface area (Å²) in [6, 6.07) is 6.49. The van der Waals surface area contributed by atoms with E-state index < -0.39 is 0 Å². The molecule has 0 amide bonds. The van der Waals surface area contributed by atoms with Crippen LogP contribution in [0.4, 0.5) is 5.69 Å². The van der Waals surface area contributed by atoms with Crippen LogP contribution in [0.2, 0.25) is 0 Å². The van der Waals surface area contributed by atoms with E-state index in [-0.39, 0.29) is 18.3 Å². The molecule has 2 aliphatic rings. The predicted octanol–water partition coefficient (Wildman–Crippen LogP) is 2.50. The quantitative estimate of drug-likeness (QED) is 0.796. The number of hydrogen-bond acceptors (Lipinski definition) is 5. The minimum absolute atomic E-state index is 0.301. The minimum atomic E-state index is -0.304. The van der Waals surface area contributed by atoms with Crippen LogP contribution in [0.3, 0.4) is 0 Å². The number of nitrogens with zero attached hydrogens (tertiary/aromatic N) is 1. The monoisotopic (exact) mass is 321 g/mol. The van der Waals surface area contributed by atoms with Gasteiger partial charge in [-0.15, -0.1) is 11.8 Å². The second-order valence-electron chi connectivity index (χ2n) is 6.85. The fraction of sp³-hybridized carbons (Fsp3) is 0.625. The van der Waals surface area contributed by atoms with E-state index >= 15 is 0 Å². The smallest absolute Gasteiger partial charge is 0.399 e. The molecule has 120 valence electrons. The molecule has 0 atom stereocenters. The summed E-state index contributed by atoms with van der Waals surface area (Å²) in [7, 11) is 1.44. The first-order valence-corrected chi connectivity index (χ1v) is 8.69. The first-order valence-electron chi connectivity index (χ1n) is 7.70. The molecule has 1 fully saturated rings. The van der Waals surface area contributed by atoms with Gasteiger partial charge in [-0.25, -0.2) is 0 Å². The number of rotatable bonds is 4. The van der Waals surface area contributed by atoms with Gasteiger partial charge < -0.3 is 18.9 Å². The first kappa shape index (κ1) is 16.2. The summed E-state index contributed by atoms with van der Waals surface area (Å²) < 4.78 is 17.5. The largest absolute Gasteiger partial charge is 0.494 e. The molecule has 2 heterocycles. The number of methoxy groups -OCH3 is 1. The lowest BCUT2D eigenvalue weighted by Crippen LogP contribution is -2.41. The molecule has 1 aromatic carbocycles. The summed E-state index contributed by atoms with van der Waals surface area (Å²) in [5.74, 6) is 0.978. The highest BCUT2D eigenvalue weighted by atomic mass is 32.2. The summed E-state index contributed by atoms with van der Waals surface area (Å²) in [6.45, 7) is 9.98. The van der Waals surface area contributed by atoms with Crippen LogP contribution < -0.4 is 10.4 Å². The maximum atomic E-state index is 6.15. The zero-order valence-electron chi connectivity index (χ0n) is 14.0. The molecule has 6 heteroatoms. The van der Waals surface area contributed by atoms with E-state index in [2.05, 4.69) is 50.8 Å². The third kappa shape index (κ3) is 2.78. The molecule has 0 unspecified atom stereocenters. The van der Waals surface area contributed by atoms with Crippen molar-refractivity contribution in [2.24, 2.45) is 0 Å². The van der Waals surface area contributed by atoms with Crippen LogP contribution in [-0.4, -0.2) is 44.5 Å². The average Bonchev–Trinajstić information content (AvgIpc) is 2.94. The summed E-state index contributed by atoms with van der Waals surface area (Å²) >= 11 is 1.87. The van der Waals surface area contributed by atoms with Gasteiger partial charge in [0.05, 0.1) is 29.4 Å². The van der Waals surface area contributed by atoms with Crippen LogP contribution in [0.5, 0.6) is 0 Å². The van der Waals surface area contributed by atoms with Crippen LogP contribution >= 0.6 is 11.8 Å². The van der Waals surface area contributed by atoms with E-state index in [4.69, 9.17) is 14.0 Å². The minimum Gasteiger partial charge on any atom is -0.399 e. The van der Waals surface area contributed by atoms with E-state index in [1.807, 2.05) is 11.8 Å². The van der Waals surface area contributed by atoms with Crippen molar-refractivity contribution in [2.75, 3.05) is 31.0 Å². The van der Waals surface area contributed by atoms with Crippen LogP contribution in [0.1, 0.15) is 27.7 Å². The molecule has 0 saturated carbocycles. The number of thioether (sulfide) groups is 1. The molecular weight excluding hydrogens is 297 g/mol. The van der Waals surface area contributed by atoms with E-state index in [0.29, 0.717) is 0 Å². The number of hydrogen-bond donors (Lipinski definition) is 0. The zero-order valence-corrected chi connectivity index (χ0v) is 14.8. The molecule has 0 aromatic heterocycles. The third-order valence-corrected chi connectivity index (χ3v) is 5.89. The molecular formula is C16H24BNO3S. The predicted molar refractivity (Wildman–Crippen MR) is 92.1 cm³/mol. The van der Waals surface area contributed by atoms with Crippen molar-refractivity contribution in [3.8, 4) is 0 Å². The van der Waals surface area contributed by atoms with Gasteiger partial charge >= 0.3 is 7.12 Å². The fourth-order valence-corrected chi connectivity index (χ4v) is 3.70. The number of ether oxygens (including phenoxy) is 1. The highest BCUT2D eigenvalue weighted by Crippen LogP contribution is 2.39. The molecule has 0 aliphatic carbocycles. The Morgan fingerprint density at radius 1 is 1.23 bits per heavy atom. The lowest BCUT2D eigenvalue weighted by molar-refractivity contribution is 0.00578. The van der Waals surface area contributed by atoms with Crippen LogP contribution in [0, 0.1) is 0 Å². The number of benzene rings is 1. The molecule has 0 N–H and O–H groups in total. The van der Waals surface area contributed by atoms with E-state index in [1.165, 1.54) is 10.6 Å². The van der Waals surface area contributed by atoms with Gasteiger partial charge in [0, 0.05) is 18.6 Å². The molecule has 22 heavy (non-hydrogen) atoms. The molecule has 0 radical (unpaired) electrons. The van der Waals surface area contributed by atoms with E-state index in [9.17, 15) is 0 Å². The van der Waals surface area contributed by atoms with Gasteiger partial charge in [-0.05, 0) is 45.3 Å². The van der Waals surface area contributed by atoms with Gasteiger partial charge in [0.2, 0.25) is 0 Å². The summed E-state index contributed by atoms with van der Waals surface area (Å²) in [6.07, 6.45) is 0. The fourth-order valence-electron chi connectivity index (χ4n) is 2.63. The normalized spacial score (nSPS) is 22.2. The molecule has 1 aromatic rings. The maximum Gasteiger partial charge on any atom is 0.494 e. The molecule has 2 aliphatic heterocycles. The average molecular weight is 321 g/mol. The Morgan fingerprint density at radius 2 is 1.91 bits per heavy atom. The van der Waals surface area contributed by atoms with Crippen LogP contribution in [-0.2, 0) is 14.0 Å². The van der Waals surface area contributed by atoms with Crippen molar-refractivity contribution in [2.45, 2.75) is 43.8 Å². The Balaban J connectivity index is 1.83. The lowest BCUT2D eigenvalue weighted by atomic mass is 9.79. The SMILES string of the molecule is COCCN1CSc2ccc(B3OC(C)(C)C(C)(C)O3)cc21. The Labute approximate surface area is 137 Å². The van der Waals surface area contributed by atoms with Crippen LogP contribution in [0.15, 0.2) is 23.1 Å². The number of anilines is 1. The van der Waals surface area contributed by atoms with Gasteiger partial charge in [-0.2, -0.15) is 0 Å². The Hall–Kier alpha value is -0.685. The standard InChI is InChI=1S/C16H24BNO3S/c1-15(2)16(3,4)21-17(20-15)12-6-7-14-13(10-12)18(11-22-14)8-9-19-5/h6-7,10H,8-9,11H2,1-5H3. The summed E-state index contributed by atoms with van der Waals surface area (Å²) in [4.78, 5) is 3.66. The number of fused-ring (bicyclic) bond motifs is 1. The van der Waals surface area contributed by atoms with Gasteiger partial charge in [-0.1, -0.05) is 6.07 Å². The topological polar surface area (TPSA) is 30.9 Å². The highest BCUT2D eigenvalue weighted by molar-refractivity contribution is 7.99. The Kier molecular flexibility index (Phi) is 4.23. The summed E-state index contributed by atoms with van der Waals surface area (Å²) in [5.41, 5.74) is 1.74. The van der Waals surface area contributed by atoms with Gasteiger partial charge in [-0.3, -0.25) is 0 Å². The van der Waals surface area contributed by atoms with Crippen molar-refractivity contribution in [3.63, 3.8) is 0 Å². The third-order valence-electron chi connectivity index (χ3n) is 4.79. The molecule has 0 spiro atoms. The molecule has 1 saturated heterocycles. The molecule has 0 bridgehead atoms. The van der Waals surface area contributed by atoms with Crippen molar-refractivity contribution in [1.82, 2.24) is 0 Å². The van der Waals surface area contributed by atoms with Gasteiger partial charge in [0.15, 0.2) is 0 Å². The van der Waals surface area contributed by atoms with E-state index in [1.54, 1.807) is 7.11 Å². The van der Waals surface area contributed by atoms with Crippen molar-refractivity contribution < 1.29 is 14.0 Å². The van der Waals surface area contributed by atoms with Crippen molar-refractivity contribution >= 4 is 30.0 Å². The second kappa shape index (κ2) is 5.75. The highest BCUT2D eigenvalue weighted by Gasteiger charge is 2.51. The van der Waals surface area contributed by atoms with Gasteiger partial charge in [0.25, 0.3) is 0 Å². The first-order chi connectivity index (χ1) is 10.3. The second-order valence-corrected chi connectivity index (χ2v) is 7.83. The Bertz CT molecular complexity index is 548. The zero-order chi connectivity index (χ0) is 16.0. The van der Waals surface area contributed by atoms with Crippen LogP contribution in [0.25, 0.3) is 0 Å². The molecule has 4 nitrogen and oxygen atoms in total. The maximum absolute atomic E-state index is 6.15. The van der Waals surface area contributed by atoms with E-state index in [0.717, 1.165) is 24.5 Å². The molecule has 3 rings (SSSR count). The summed E-state index contributed by atoms with van der Waals surface area (Å²) in [5, 5.41) is 0. The van der Waals surface area contributed by atoms with Gasteiger partial charge in [0.1, 0.15) is 0 Å². The lowest BCUT2D eigenvalue weighted by Gasteiger charge is -2.32. The van der Waals surface area contributed by atoms with Crippen molar-refractivity contribution in [1.29, 1.82) is 0 Å².